The van der Waals surface area contributed by atoms with Gasteiger partial charge >= 0.3 is 6.09 Å². The fraction of sp³-hybridized carbons (Fsp3) is 0.667. The van der Waals surface area contributed by atoms with Gasteiger partial charge in [-0.1, -0.05) is 20.4 Å². The SMILES string of the molecule is C=C(F)C(=O)N1CCC(OC(=O)N2C3CCC2CC(CNc2cc(O[C@@H]4CCCNC4)nc4c(C(C)C)cnn24)C3)C1. The van der Waals surface area contributed by atoms with Crippen molar-refractivity contribution in [3.63, 3.8) is 0 Å². The van der Waals surface area contributed by atoms with Crippen LogP contribution in [0, 0.1) is 5.92 Å². The van der Waals surface area contributed by atoms with Crippen LogP contribution >= 0.6 is 0 Å². The lowest BCUT2D eigenvalue weighted by atomic mass is 9.91. The van der Waals surface area contributed by atoms with Crippen LogP contribution in [0.4, 0.5) is 15.0 Å². The Hall–Kier alpha value is -3.41. The predicted octanol–water partition coefficient (Wildman–Crippen LogP) is 3.86. The Balaban J connectivity index is 1.09. The average Bonchev–Trinajstić information content (AvgIpc) is 3.68. The van der Waals surface area contributed by atoms with Gasteiger partial charge in [-0.15, -0.1) is 0 Å². The number of aromatic nitrogens is 3. The maximum Gasteiger partial charge on any atom is 0.410 e. The summed E-state index contributed by atoms with van der Waals surface area (Å²) in [6.07, 6.45) is 7.54. The van der Waals surface area contributed by atoms with E-state index in [0.29, 0.717) is 24.8 Å². The summed E-state index contributed by atoms with van der Waals surface area (Å²) in [5.74, 6) is 0.426. The number of ether oxygens (including phenoxy) is 2. The number of nitrogens with zero attached hydrogens (tertiary/aromatic N) is 5. The first-order chi connectivity index (χ1) is 20.3. The monoisotopic (exact) mass is 583 g/mol. The van der Waals surface area contributed by atoms with E-state index in [9.17, 15) is 14.0 Å². The van der Waals surface area contributed by atoms with Crippen LogP contribution in [0.1, 0.15) is 70.3 Å². The largest absolute Gasteiger partial charge is 0.473 e. The number of halogens is 1. The van der Waals surface area contributed by atoms with E-state index in [4.69, 9.17) is 14.5 Å². The Bertz CT molecular complexity index is 1310. The van der Waals surface area contributed by atoms with Crippen LogP contribution in [0.15, 0.2) is 24.7 Å². The van der Waals surface area contributed by atoms with Crippen molar-refractivity contribution in [3.8, 4) is 5.88 Å². The molecule has 0 aliphatic carbocycles. The molecule has 42 heavy (non-hydrogen) atoms. The van der Waals surface area contributed by atoms with Gasteiger partial charge in [-0.3, -0.25) is 4.79 Å². The van der Waals surface area contributed by atoms with Crippen LogP contribution in [0.5, 0.6) is 5.88 Å². The summed E-state index contributed by atoms with van der Waals surface area (Å²) >= 11 is 0. The van der Waals surface area contributed by atoms with Gasteiger partial charge in [0.1, 0.15) is 18.0 Å². The van der Waals surface area contributed by atoms with Crippen LogP contribution in [-0.2, 0) is 9.53 Å². The van der Waals surface area contributed by atoms with Gasteiger partial charge in [0, 0.05) is 49.8 Å². The van der Waals surface area contributed by atoms with Crippen LogP contribution < -0.4 is 15.4 Å². The first-order valence-electron chi connectivity index (χ1n) is 15.4. The Labute approximate surface area is 245 Å². The molecule has 0 aromatic carbocycles. The third-order valence-electron chi connectivity index (χ3n) is 9.18. The fourth-order valence-corrected chi connectivity index (χ4v) is 7.03. The van der Waals surface area contributed by atoms with Crippen molar-refractivity contribution in [2.75, 3.05) is 38.0 Å². The van der Waals surface area contributed by atoms with Crippen molar-refractivity contribution < 1.29 is 23.5 Å². The molecule has 4 saturated heterocycles. The molecule has 2 bridgehead atoms. The van der Waals surface area contributed by atoms with Crippen molar-refractivity contribution >= 4 is 23.5 Å². The van der Waals surface area contributed by atoms with Crippen molar-refractivity contribution in [2.45, 2.75) is 89.0 Å². The molecule has 2 amide bonds. The molecule has 12 heteroatoms. The molecule has 2 aromatic rings. The van der Waals surface area contributed by atoms with E-state index < -0.39 is 17.8 Å². The molecule has 228 valence electrons. The Kier molecular flexibility index (Phi) is 8.24. The Morgan fingerprint density at radius 2 is 1.98 bits per heavy atom. The zero-order chi connectivity index (χ0) is 29.4. The van der Waals surface area contributed by atoms with E-state index in [0.717, 1.165) is 75.2 Å². The Morgan fingerprint density at radius 1 is 1.19 bits per heavy atom. The van der Waals surface area contributed by atoms with Crippen LogP contribution in [0.3, 0.4) is 0 Å². The molecule has 6 heterocycles. The second kappa shape index (κ2) is 12.1. The van der Waals surface area contributed by atoms with Gasteiger partial charge in [0.05, 0.1) is 12.7 Å². The molecular formula is C30H42FN7O4. The van der Waals surface area contributed by atoms with E-state index in [1.165, 1.54) is 4.90 Å². The van der Waals surface area contributed by atoms with Gasteiger partial charge in [0.15, 0.2) is 11.5 Å². The number of carbonyl (C=O) groups excluding carboxylic acids is 2. The summed E-state index contributed by atoms with van der Waals surface area (Å²) in [7, 11) is 0. The van der Waals surface area contributed by atoms with Crippen LogP contribution in [-0.4, -0.2) is 93.4 Å². The maximum absolute atomic E-state index is 13.2. The first kappa shape index (κ1) is 28.7. The van der Waals surface area contributed by atoms with Gasteiger partial charge in [-0.2, -0.15) is 14.6 Å². The molecule has 4 aliphatic rings. The number of likely N-dealkylation sites (tertiary alicyclic amines) is 1. The minimum absolute atomic E-state index is 0.0997. The van der Waals surface area contributed by atoms with Gasteiger partial charge in [0.2, 0.25) is 5.88 Å². The zero-order valence-electron chi connectivity index (χ0n) is 24.6. The molecule has 0 saturated carbocycles. The molecule has 2 N–H and O–H groups in total. The van der Waals surface area contributed by atoms with E-state index in [2.05, 4.69) is 36.2 Å². The van der Waals surface area contributed by atoms with Crippen molar-refractivity contribution in [2.24, 2.45) is 5.92 Å². The number of rotatable bonds is 8. The van der Waals surface area contributed by atoms with E-state index in [1.807, 2.05) is 21.7 Å². The molecule has 0 radical (unpaired) electrons. The molecule has 6 rings (SSSR count). The summed E-state index contributed by atoms with van der Waals surface area (Å²) in [5.41, 5.74) is 1.90. The molecule has 4 fully saturated rings. The predicted molar refractivity (Wildman–Crippen MR) is 155 cm³/mol. The number of anilines is 1. The van der Waals surface area contributed by atoms with Crippen LogP contribution in [0.25, 0.3) is 5.65 Å². The minimum atomic E-state index is -0.985. The van der Waals surface area contributed by atoms with E-state index in [-0.39, 0.29) is 36.7 Å². The highest BCUT2D eigenvalue weighted by atomic mass is 19.1. The number of hydrogen-bond donors (Lipinski definition) is 2. The summed E-state index contributed by atoms with van der Waals surface area (Å²) < 4.78 is 27.2. The fourth-order valence-electron chi connectivity index (χ4n) is 7.03. The molecule has 4 atom stereocenters. The topological polar surface area (TPSA) is 113 Å². The highest BCUT2D eigenvalue weighted by molar-refractivity contribution is 5.90. The second-order valence-electron chi connectivity index (χ2n) is 12.5. The lowest BCUT2D eigenvalue weighted by Crippen LogP contribution is -2.48. The maximum atomic E-state index is 13.2. The number of fused-ring (bicyclic) bond motifs is 3. The number of hydrogen-bond acceptors (Lipinski definition) is 8. The van der Waals surface area contributed by atoms with Crippen molar-refractivity contribution in [1.29, 1.82) is 0 Å². The third kappa shape index (κ3) is 5.91. The van der Waals surface area contributed by atoms with Gasteiger partial charge in [0.25, 0.3) is 5.91 Å². The third-order valence-corrected chi connectivity index (χ3v) is 9.18. The van der Waals surface area contributed by atoms with Crippen molar-refractivity contribution in [3.05, 3.63) is 30.2 Å². The lowest BCUT2D eigenvalue weighted by Gasteiger charge is -2.38. The summed E-state index contributed by atoms with van der Waals surface area (Å²) in [6.45, 7) is 10.5. The summed E-state index contributed by atoms with van der Waals surface area (Å²) in [6, 6.07) is 2.20. The number of nitrogens with one attached hydrogen (secondary N) is 2. The van der Waals surface area contributed by atoms with Gasteiger partial charge in [-0.05, 0) is 56.9 Å². The molecular weight excluding hydrogens is 541 g/mol. The smallest absolute Gasteiger partial charge is 0.410 e. The zero-order valence-corrected chi connectivity index (χ0v) is 24.6. The number of amides is 2. The van der Waals surface area contributed by atoms with Crippen LogP contribution in [0.2, 0.25) is 0 Å². The van der Waals surface area contributed by atoms with Gasteiger partial charge < -0.3 is 29.9 Å². The lowest BCUT2D eigenvalue weighted by molar-refractivity contribution is -0.128. The molecule has 4 aliphatic heterocycles. The number of carbonyl (C=O) groups is 2. The number of piperidine rings is 2. The quantitative estimate of drug-likeness (QED) is 0.451. The average molecular weight is 584 g/mol. The standard InChI is InChI=1S/C30H42FN7O4/c1-18(2)25-16-34-38-26(13-27(35-28(25)38)41-23-5-4-9-32-15-23)33-14-20-11-21-6-7-22(12-20)37(21)30(40)42-24-8-10-36(17-24)29(39)19(3)31/h13,16,18,20-24,32-33H,3-12,14-15,17H2,1-2H3/t20?,21?,22?,23-,24?/m1/s1. The Morgan fingerprint density at radius 3 is 2.67 bits per heavy atom. The molecule has 3 unspecified atom stereocenters. The summed E-state index contributed by atoms with van der Waals surface area (Å²) in [5, 5.41) is 11.7. The normalized spacial score (nSPS) is 27.5. The molecule has 11 nitrogen and oxygen atoms in total. The van der Waals surface area contributed by atoms with Gasteiger partial charge in [-0.25, -0.2) is 9.18 Å². The van der Waals surface area contributed by atoms with E-state index in [1.54, 1.807) is 0 Å². The highest BCUT2D eigenvalue weighted by Crippen LogP contribution is 2.39. The minimum Gasteiger partial charge on any atom is -0.473 e. The molecule has 2 aromatic heterocycles. The first-order valence-corrected chi connectivity index (χ1v) is 15.4. The highest BCUT2D eigenvalue weighted by Gasteiger charge is 2.45. The molecule has 0 spiro atoms. The summed E-state index contributed by atoms with van der Waals surface area (Å²) in [4.78, 5) is 33.2. The van der Waals surface area contributed by atoms with Crippen molar-refractivity contribution in [1.82, 2.24) is 29.7 Å². The second-order valence-corrected chi connectivity index (χ2v) is 12.5. The van der Waals surface area contributed by atoms with E-state index >= 15 is 0 Å².